The number of amides is 1. The minimum atomic E-state index is -0.203. The van der Waals surface area contributed by atoms with E-state index in [9.17, 15) is 4.79 Å². The molecule has 150 valence electrons. The van der Waals surface area contributed by atoms with Crippen molar-refractivity contribution in [1.82, 2.24) is 0 Å². The van der Waals surface area contributed by atoms with Gasteiger partial charge >= 0.3 is 0 Å². The normalized spacial score (nSPS) is 10.6. The molecule has 0 aliphatic heterocycles. The number of hydrogen-bond donors (Lipinski definition) is 1. The Hall–Kier alpha value is -3.27. The topological polar surface area (TPSA) is 47.6 Å². The van der Waals surface area contributed by atoms with Crippen molar-refractivity contribution in [2.75, 3.05) is 18.5 Å². The maximum absolute atomic E-state index is 12.1. The van der Waals surface area contributed by atoms with Crippen LogP contribution in [0.1, 0.15) is 20.3 Å². The first kappa shape index (κ1) is 20.5. The Morgan fingerprint density at radius 2 is 1.38 bits per heavy atom. The maximum atomic E-state index is 12.1. The molecule has 1 amide bonds. The Bertz CT molecular complexity index is 888. The molecule has 0 fully saturated rings. The van der Waals surface area contributed by atoms with Crippen molar-refractivity contribution < 1.29 is 14.3 Å². The van der Waals surface area contributed by atoms with E-state index in [1.165, 1.54) is 0 Å². The van der Waals surface area contributed by atoms with Crippen LogP contribution in [0, 0.1) is 5.92 Å². The van der Waals surface area contributed by atoms with Gasteiger partial charge in [0.1, 0.15) is 11.5 Å². The molecule has 0 saturated carbocycles. The van der Waals surface area contributed by atoms with Crippen molar-refractivity contribution in [2.24, 2.45) is 5.92 Å². The summed E-state index contributed by atoms with van der Waals surface area (Å²) in [5.41, 5.74) is 2.97. The summed E-state index contributed by atoms with van der Waals surface area (Å²) in [4.78, 5) is 12.1. The monoisotopic (exact) mass is 389 g/mol. The van der Waals surface area contributed by atoms with Crippen molar-refractivity contribution in [3.05, 3.63) is 78.9 Å². The summed E-state index contributed by atoms with van der Waals surface area (Å²) in [5.74, 6) is 1.88. The number of hydrogen-bond acceptors (Lipinski definition) is 3. The fourth-order valence-corrected chi connectivity index (χ4v) is 2.77. The lowest BCUT2D eigenvalue weighted by molar-refractivity contribution is -0.118. The van der Waals surface area contributed by atoms with Crippen molar-refractivity contribution >= 4 is 11.6 Å². The van der Waals surface area contributed by atoms with Gasteiger partial charge in [0.2, 0.25) is 0 Å². The van der Waals surface area contributed by atoms with Crippen LogP contribution in [0.5, 0.6) is 11.5 Å². The Labute approximate surface area is 172 Å². The maximum Gasteiger partial charge on any atom is 0.262 e. The second kappa shape index (κ2) is 10.3. The first-order valence-electron chi connectivity index (χ1n) is 9.91. The van der Waals surface area contributed by atoms with Gasteiger partial charge in [-0.1, -0.05) is 56.3 Å². The molecule has 4 nitrogen and oxygen atoms in total. The molecule has 0 radical (unpaired) electrons. The fourth-order valence-electron chi connectivity index (χ4n) is 2.77. The van der Waals surface area contributed by atoms with Crippen LogP contribution in [0.3, 0.4) is 0 Å². The van der Waals surface area contributed by atoms with Crippen LogP contribution in [-0.2, 0) is 4.79 Å². The summed E-state index contributed by atoms with van der Waals surface area (Å²) >= 11 is 0. The first-order valence-corrected chi connectivity index (χ1v) is 9.91. The van der Waals surface area contributed by atoms with Crippen LogP contribution < -0.4 is 14.8 Å². The number of nitrogens with one attached hydrogen (secondary N) is 1. The summed E-state index contributed by atoms with van der Waals surface area (Å²) in [6, 6.07) is 25.2. The summed E-state index contributed by atoms with van der Waals surface area (Å²) in [5, 5.41) is 2.83. The minimum Gasteiger partial charge on any atom is -0.494 e. The third-order valence-electron chi connectivity index (χ3n) is 4.43. The third-order valence-corrected chi connectivity index (χ3v) is 4.43. The van der Waals surface area contributed by atoms with Crippen molar-refractivity contribution in [2.45, 2.75) is 20.3 Å². The molecule has 0 heterocycles. The Morgan fingerprint density at radius 3 is 2.03 bits per heavy atom. The summed E-state index contributed by atoms with van der Waals surface area (Å²) < 4.78 is 11.3. The molecule has 0 aliphatic rings. The quantitative estimate of drug-likeness (QED) is 0.503. The van der Waals surface area contributed by atoms with Gasteiger partial charge in [0.05, 0.1) is 6.61 Å². The first-order chi connectivity index (χ1) is 14.1. The molecule has 29 heavy (non-hydrogen) atoms. The second-order valence-corrected chi connectivity index (χ2v) is 7.28. The van der Waals surface area contributed by atoms with Gasteiger partial charge in [-0.25, -0.2) is 0 Å². The van der Waals surface area contributed by atoms with Crippen LogP contribution in [0.25, 0.3) is 11.1 Å². The molecule has 0 bridgehead atoms. The summed E-state index contributed by atoms with van der Waals surface area (Å²) in [6.45, 7) is 4.99. The van der Waals surface area contributed by atoms with Gasteiger partial charge in [-0.05, 0) is 59.9 Å². The zero-order chi connectivity index (χ0) is 20.5. The van der Waals surface area contributed by atoms with E-state index in [4.69, 9.17) is 9.47 Å². The molecular formula is C25H27NO3. The number of ether oxygens (including phenoxy) is 2. The van der Waals surface area contributed by atoms with Crippen LogP contribution in [0.4, 0.5) is 5.69 Å². The van der Waals surface area contributed by atoms with E-state index in [-0.39, 0.29) is 12.5 Å². The molecule has 0 aromatic heterocycles. The van der Waals surface area contributed by atoms with Crippen LogP contribution in [-0.4, -0.2) is 19.1 Å². The zero-order valence-corrected chi connectivity index (χ0v) is 16.9. The standard InChI is InChI=1S/C25H27NO3/c1-19(2)16-17-28-23-14-10-22(11-15-23)26-25(27)18-29-24-12-8-21(9-13-24)20-6-4-3-5-7-20/h3-15,19H,16-18H2,1-2H3,(H,26,27). The molecule has 0 unspecified atom stereocenters. The van der Waals surface area contributed by atoms with Gasteiger partial charge in [0, 0.05) is 5.69 Å². The molecule has 3 aromatic carbocycles. The highest BCUT2D eigenvalue weighted by molar-refractivity contribution is 5.91. The van der Waals surface area contributed by atoms with Crippen LogP contribution in [0.15, 0.2) is 78.9 Å². The van der Waals surface area contributed by atoms with E-state index in [1.807, 2.05) is 66.7 Å². The van der Waals surface area contributed by atoms with Crippen LogP contribution in [0.2, 0.25) is 0 Å². The number of rotatable bonds is 9. The van der Waals surface area contributed by atoms with Crippen molar-refractivity contribution in [1.29, 1.82) is 0 Å². The Kier molecular flexibility index (Phi) is 7.28. The number of carbonyl (C=O) groups is 1. The predicted octanol–water partition coefficient (Wildman–Crippen LogP) is 5.80. The van der Waals surface area contributed by atoms with Gasteiger partial charge in [0.25, 0.3) is 5.91 Å². The van der Waals surface area contributed by atoms with Gasteiger partial charge < -0.3 is 14.8 Å². The van der Waals surface area contributed by atoms with Gasteiger partial charge in [-0.2, -0.15) is 0 Å². The molecule has 0 aliphatic carbocycles. The molecular weight excluding hydrogens is 362 g/mol. The largest absolute Gasteiger partial charge is 0.494 e. The smallest absolute Gasteiger partial charge is 0.262 e. The molecule has 0 saturated heterocycles. The molecule has 1 N–H and O–H groups in total. The second-order valence-electron chi connectivity index (χ2n) is 7.28. The third kappa shape index (κ3) is 6.68. The number of benzene rings is 3. The average Bonchev–Trinajstić information content (AvgIpc) is 2.74. The van der Waals surface area contributed by atoms with Crippen LogP contribution >= 0.6 is 0 Å². The molecule has 3 aromatic rings. The van der Waals surface area contributed by atoms with E-state index in [0.717, 1.165) is 23.3 Å². The molecule has 3 rings (SSSR count). The number of carbonyl (C=O) groups excluding carboxylic acids is 1. The lowest BCUT2D eigenvalue weighted by Gasteiger charge is -2.10. The lowest BCUT2D eigenvalue weighted by Crippen LogP contribution is -2.20. The zero-order valence-electron chi connectivity index (χ0n) is 16.9. The van der Waals surface area contributed by atoms with Crippen molar-refractivity contribution in [3.8, 4) is 22.6 Å². The highest BCUT2D eigenvalue weighted by Crippen LogP contribution is 2.22. The van der Waals surface area contributed by atoms with Crippen molar-refractivity contribution in [3.63, 3.8) is 0 Å². The van der Waals surface area contributed by atoms with Gasteiger partial charge in [-0.3, -0.25) is 4.79 Å². The lowest BCUT2D eigenvalue weighted by atomic mass is 10.1. The molecule has 0 atom stereocenters. The highest BCUT2D eigenvalue weighted by Gasteiger charge is 2.05. The summed E-state index contributed by atoms with van der Waals surface area (Å²) in [6.07, 6.45) is 1.02. The SMILES string of the molecule is CC(C)CCOc1ccc(NC(=O)COc2ccc(-c3ccccc3)cc2)cc1. The van der Waals surface area contributed by atoms with E-state index in [0.29, 0.717) is 24.0 Å². The predicted molar refractivity (Wildman–Crippen MR) is 117 cm³/mol. The summed E-state index contributed by atoms with van der Waals surface area (Å²) in [7, 11) is 0. The number of anilines is 1. The fraction of sp³-hybridized carbons (Fsp3) is 0.240. The van der Waals surface area contributed by atoms with Gasteiger partial charge in [0.15, 0.2) is 6.61 Å². The van der Waals surface area contributed by atoms with Gasteiger partial charge in [-0.15, -0.1) is 0 Å². The van der Waals surface area contributed by atoms with E-state index >= 15 is 0 Å². The van der Waals surface area contributed by atoms with E-state index in [1.54, 1.807) is 0 Å². The molecule has 4 heteroatoms. The Morgan fingerprint density at radius 1 is 0.793 bits per heavy atom. The van der Waals surface area contributed by atoms with E-state index in [2.05, 4.69) is 31.3 Å². The van der Waals surface area contributed by atoms with E-state index < -0.39 is 0 Å². The molecule has 0 spiro atoms. The Balaban J connectivity index is 1.45. The minimum absolute atomic E-state index is 0.0443. The highest BCUT2D eigenvalue weighted by atomic mass is 16.5. The average molecular weight is 389 g/mol.